The summed E-state index contributed by atoms with van der Waals surface area (Å²) in [6, 6.07) is 0. The van der Waals surface area contributed by atoms with Gasteiger partial charge in [-0.2, -0.15) is 12.7 Å². The van der Waals surface area contributed by atoms with Gasteiger partial charge in [0.25, 0.3) is 0 Å². The van der Waals surface area contributed by atoms with Gasteiger partial charge >= 0.3 is 16.2 Å². The minimum atomic E-state index is -3.63. The van der Waals surface area contributed by atoms with Gasteiger partial charge in [-0.05, 0) is 12.8 Å². The van der Waals surface area contributed by atoms with E-state index in [4.69, 9.17) is 5.11 Å². The van der Waals surface area contributed by atoms with E-state index in [1.807, 2.05) is 0 Å². The fraction of sp³-hybridized carbons (Fsp3) is 0.625. The van der Waals surface area contributed by atoms with Gasteiger partial charge in [0.1, 0.15) is 5.00 Å². The van der Waals surface area contributed by atoms with Crippen molar-refractivity contribution in [3.8, 4) is 0 Å². The Morgan fingerprint density at radius 1 is 1.50 bits per heavy atom. The van der Waals surface area contributed by atoms with Gasteiger partial charge in [-0.15, -0.1) is 5.10 Å². The van der Waals surface area contributed by atoms with Crippen LogP contribution in [-0.4, -0.2) is 46.5 Å². The smallest absolute Gasteiger partial charge is 0.306 e. The lowest BCUT2D eigenvalue weighted by Crippen LogP contribution is -2.42. The van der Waals surface area contributed by atoms with Gasteiger partial charge in [-0.25, -0.2) is 0 Å². The molecule has 0 saturated carbocycles. The van der Waals surface area contributed by atoms with Crippen molar-refractivity contribution in [2.24, 2.45) is 5.92 Å². The fourth-order valence-electron chi connectivity index (χ4n) is 1.75. The Morgan fingerprint density at radius 3 is 2.67 bits per heavy atom. The molecule has 0 unspecified atom stereocenters. The largest absolute Gasteiger partial charge is 0.481 e. The van der Waals surface area contributed by atoms with Crippen LogP contribution in [-0.2, 0) is 15.0 Å². The quantitative estimate of drug-likeness (QED) is 0.807. The number of piperidine rings is 1. The Kier molecular flexibility index (Phi) is 3.78. The van der Waals surface area contributed by atoms with Gasteiger partial charge < -0.3 is 5.11 Å². The topological polar surface area (TPSA) is 112 Å². The van der Waals surface area contributed by atoms with E-state index in [2.05, 4.69) is 14.3 Å². The van der Waals surface area contributed by atoms with Gasteiger partial charge in [-0.1, -0.05) is 4.49 Å². The number of carbonyl (C=O) groups is 1. The summed E-state index contributed by atoms with van der Waals surface area (Å²) in [7, 11) is -3.63. The van der Waals surface area contributed by atoms with Gasteiger partial charge in [0.05, 0.1) is 12.1 Å². The van der Waals surface area contributed by atoms with Crippen LogP contribution in [0.15, 0.2) is 6.20 Å². The van der Waals surface area contributed by atoms with Gasteiger partial charge in [0, 0.05) is 24.6 Å². The number of nitrogens with one attached hydrogen (secondary N) is 1. The molecule has 0 aromatic carbocycles. The standard InChI is InChI=1S/C8H12N4O4S2/c13-8(14)6-1-3-12(4-2-6)18(15,16)10-7-5-9-11-17-7/h5-6,10H,1-4H2,(H,13,14). The molecule has 1 fully saturated rings. The number of hydrogen-bond donors (Lipinski definition) is 2. The molecular weight excluding hydrogens is 280 g/mol. The fourth-order valence-corrected chi connectivity index (χ4v) is 3.62. The molecule has 1 aromatic rings. The number of carboxylic acids is 1. The molecule has 2 heterocycles. The molecule has 0 aliphatic carbocycles. The highest BCUT2D eigenvalue weighted by Crippen LogP contribution is 2.21. The number of nitrogens with zero attached hydrogens (tertiary/aromatic N) is 3. The maximum Gasteiger partial charge on any atom is 0.306 e. The van der Waals surface area contributed by atoms with Gasteiger partial charge in [-0.3, -0.25) is 9.52 Å². The zero-order valence-corrected chi connectivity index (χ0v) is 10.9. The Morgan fingerprint density at radius 2 is 2.17 bits per heavy atom. The van der Waals surface area contributed by atoms with Crippen LogP contribution in [0.5, 0.6) is 0 Å². The predicted molar refractivity (Wildman–Crippen MR) is 64.4 cm³/mol. The summed E-state index contributed by atoms with van der Waals surface area (Å²) >= 11 is 0.947. The van der Waals surface area contributed by atoms with Crippen molar-refractivity contribution in [3.63, 3.8) is 0 Å². The molecule has 0 atom stereocenters. The van der Waals surface area contributed by atoms with Crippen LogP contribution < -0.4 is 4.72 Å². The third kappa shape index (κ3) is 2.94. The van der Waals surface area contributed by atoms with Crippen LogP contribution in [0.2, 0.25) is 0 Å². The van der Waals surface area contributed by atoms with Crippen molar-refractivity contribution in [1.29, 1.82) is 0 Å². The molecule has 0 bridgehead atoms. The molecule has 0 amide bonds. The molecule has 8 nitrogen and oxygen atoms in total. The Labute approximate surface area is 108 Å². The van der Waals surface area contributed by atoms with E-state index in [0.717, 1.165) is 11.5 Å². The number of rotatable bonds is 4. The van der Waals surface area contributed by atoms with Crippen molar-refractivity contribution in [2.75, 3.05) is 17.8 Å². The molecule has 0 spiro atoms. The first-order valence-corrected chi connectivity index (χ1v) is 7.48. The highest BCUT2D eigenvalue weighted by atomic mass is 32.2. The highest BCUT2D eigenvalue weighted by molar-refractivity contribution is 7.90. The van der Waals surface area contributed by atoms with E-state index >= 15 is 0 Å². The molecular formula is C8H12N4O4S2. The molecule has 1 aromatic heterocycles. The first-order valence-electron chi connectivity index (χ1n) is 5.27. The van der Waals surface area contributed by atoms with E-state index in [0.29, 0.717) is 17.8 Å². The first kappa shape index (κ1) is 13.2. The maximum absolute atomic E-state index is 11.9. The van der Waals surface area contributed by atoms with Gasteiger partial charge in [0.15, 0.2) is 0 Å². The Bertz CT molecular complexity index is 507. The molecule has 2 N–H and O–H groups in total. The summed E-state index contributed by atoms with van der Waals surface area (Å²) in [6.07, 6.45) is 1.99. The number of anilines is 1. The number of aliphatic carboxylic acids is 1. The van der Waals surface area contributed by atoms with E-state index in [1.54, 1.807) is 0 Å². The van der Waals surface area contributed by atoms with Gasteiger partial charge in [0.2, 0.25) is 0 Å². The normalized spacial score (nSPS) is 18.7. The highest BCUT2D eigenvalue weighted by Gasteiger charge is 2.31. The van der Waals surface area contributed by atoms with Crippen LogP contribution in [0.3, 0.4) is 0 Å². The summed E-state index contributed by atoms with van der Waals surface area (Å²) in [5.74, 6) is -1.33. The predicted octanol–water partition coefficient (Wildman–Crippen LogP) is -0.00860. The van der Waals surface area contributed by atoms with E-state index in [-0.39, 0.29) is 13.1 Å². The lowest BCUT2D eigenvalue weighted by atomic mass is 9.99. The monoisotopic (exact) mass is 292 g/mol. The first-order chi connectivity index (χ1) is 8.49. The second-order valence-electron chi connectivity index (χ2n) is 3.90. The number of aromatic nitrogens is 2. The molecule has 10 heteroatoms. The molecule has 0 radical (unpaired) electrons. The zero-order valence-electron chi connectivity index (χ0n) is 9.31. The SMILES string of the molecule is O=C(O)C1CCN(S(=O)(=O)Nc2cnns2)CC1. The summed E-state index contributed by atoms with van der Waals surface area (Å²) in [5.41, 5.74) is 0. The van der Waals surface area contributed by atoms with Crippen molar-refractivity contribution in [2.45, 2.75) is 12.8 Å². The maximum atomic E-state index is 11.9. The third-order valence-corrected chi connectivity index (χ3v) is 4.97. The van der Waals surface area contributed by atoms with Crippen molar-refractivity contribution in [1.82, 2.24) is 13.9 Å². The van der Waals surface area contributed by atoms with Crippen molar-refractivity contribution >= 4 is 32.7 Å². The summed E-state index contributed by atoms with van der Waals surface area (Å²) in [6.45, 7) is 0.414. The van der Waals surface area contributed by atoms with Crippen LogP contribution in [0.1, 0.15) is 12.8 Å². The second-order valence-corrected chi connectivity index (χ2v) is 6.36. The van der Waals surface area contributed by atoms with Crippen LogP contribution in [0, 0.1) is 5.92 Å². The van der Waals surface area contributed by atoms with E-state index in [9.17, 15) is 13.2 Å². The molecule has 1 aliphatic rings. The molecule has 100 valence electrons. The number of hydrogen-bond acceptors (Lipinski definition) is 6. The molecule has 1 saturated heterocycles. The Balaban J connectivity index is 1.98. The second kappa shape index (κ2) is 5.16. The van der Waals surface area contributed by atoms with Crippen molar-refractivity contribution < 1.29 is 18.3 Å². The van der Waals surface area contributed by atoms with E-state index in [1.165, 1.54) is 10.5 Å². The lowest BCUT2D eigenvalue weighted by Gasteiger charge is -2.28. The molecule has 18 heavy (non-hydrogen) atoms. The lowest BCUT2D eigenvalue weighted by molar-refractivity contribution is -0.142. The Hall–Kier alpha value is -1.26. The molecule has 1 aliphatic heterocycles. The minimum absolute atomic E-state index is 0.207. The summed E-state index contributed by atoms with van der Waals surface area (Å²) < 4.78 is 31.0. The zero-order chi connectivity index (χ0) is 13.2. The van der Waals surface area contributed by atoms with Crippen LogP contribution in [0.4, 0.5) is 5.00 Å². The minimum Gasteiger partial charge on any atom is -0.481 e. The number of carboxylic acid groups (broad SMARTS) is 1. The summed E-state index contributed by atoms with van der Waals surface area (Å²) in [4.78, 5) is 10.8. The summed E-state index contributed by atoms with van der Waals surface area (Å²) in [5, 5.41) is 12.7. The molecule has 2 rings (SSSR count). The van der Waals surface area contributed by atoms with Crippen LogP contribution in [0.25, 0.3) is 0 Å². The average molecular weight is 292 g/mol. The van der Waals surface area contributed by atoms with Crippen LogP contribution >= 0.6 is 11.5 Å². The van der Waals surface area contributed by atoms with Crippen molar-refractivity contribution in [3.05, 3.63) is 6.20 Å². The third-order valence-electron chi connectivity index (χ3n) is 2.73. The van der Waals surface area contributed by atoms with E-state index < -0.39 is 22.1 Å². The average Bonchev–Trinajstić information content (AvgIpc) is 2.81.